The summed E-state index contributed by atoms with van der Waals surface area (Å²) in [6.45, 7) is 6.61. The van der Waals surface area contributed by atoms with Crippen LogP contribution >= 0.6 is 23.1 Å². The Hall–Kier alpha value is -0.220. The molecule has 1 rings (SSSR count). The van der Waals surface area contributed by atoms with Crippen molar-refractivity contribution in [3.63, 3.8) is 0 Å². The smallest absolute Gasteiger partial charge is 0.134 e. The fourth-order valence-corrected chi connectivity index (χ4v) is 2.21. The molecule has 1 aromatic rings. The monoisotopic (exact) mass is 202 g/mol. The van der Waals surface area contributed by atoms with Gasteiger partial charge in [-0.2, -0.15) is 0 Å². The molecule has 2 nitrogen and oxygen atoms in total. The standard InChI is InChI=1S/C8H14N2S2/c1-8(2,3)12-5-7-10-6(9)4-11-7/h4H,5,9H2,1-3H3. The molecule has 0 unspecified atom stereocenters. The highest BCUT2D eigenvalue weighted by molar-refractivity contribution is 7.99. The predicted molar refractivity (Wildman–Crippen MR) is 57.6 cm³/mol. The maximum atomic E-state index is 5.51. The summed E-state index contributed by atoms with van der Waals surface area (Å²) in [6, 6.07) is 0. The first-order chi connectivity index (χ1) is 5.47. The SMILES string of the molecule is CC(C)(C)SCc1nc(N)cs1. The predicted octanol–water partition coefficient (Wildman–Crippen LogP) is 2.76. The zero-order chi connectivity index (χ0) is 9.19. The number of nitrogen functional groups attached to an aromatic ring is 1. The highest BCUT2D eigenvalue weighted by atomic mass is 32.2. The molecule has 0 aromatic carbocycles. The number of rotatable bonds is 2. The normalized spacial score (nSPS) is 11.9. The topological polar surface area (TPSA) is 38.9 Å². The van der Waals surface area contributed by atoms with Gasteiger partial charge in [0.05, 0.1) is 0 Å². The Bertz CT molecular complexity index is 250. The first-order valence-corrected chi connectivity index (χ1v) is 5.68. The van der Waals surface area contributed by atoms with Gasteiger partial charge in [0.2, 0.25) is 0 Å². The van der Waals surface area contributed by atoms with E-state index in [1.807, 2.05) is 17.1 Å². The van der Waals surface area contributed by atoms with E-state index in [1.54, 1.807) is 11.3 Å². The zero-order valence-electron chi connectivity index (χ0n) is 7.63. The summed E-state index contributed by atoms with van der Waals surface area (Å²) in [5.41, 5.74) is 5.51. The molecule has 0 saturated heterocycles. The maximum Gasteiger partial charge on any atom is 0.134 e. The lowest BCUT2D eigenvalue weighted by atomic mass is 10.3. The summed E-state index contributed by atoms with van der Waals surface area (Å²) < 4.78 is 0.306. The second-order valence-electron chi connectivity index (χ2n) is 3.57. The maximum absolute atomic E-state index is 5.51. The average Bonchev–Trinajstić information content (AvgIpc) is 2.30. The Morgan fingerprint density at radius 3 is 2.67 bits per heavy atom. The molecule has 68 valence electrons. The third kappa shape index (κ3) is 3.45. The third-order valence-electron chi connectivity index (χ3n) is 1.20. The first-order valence-electron chi connectivity index (χ1n) is 3.81. The number of thiazole rings is 1. The molecule has 0 bridgehead atoms. The van der Waals surface area contributed by atoms with Crippen molar-refractivity contribution in [3.8, 4) is 0 Å². The average molecular weight is 202 g/mol. The lowest BCUT2D eigenvalue weighted by Gasteiger charge is -2.15. The number of nitrogens with zero attached hydrogens (tertiary/aromatic N) is 1. The zero-order valence-corrected chi connectivity index (χ0v) is 9.26. The van der Waals surface area contributed by atoms with E-state index in [1.165, 1.54) is 0 Å². The van der Waals surface area contributed by atoms with Crippen LogP contribution in [0.5, 0.6) is 0 Å². The van der Waals surface area contributed by atoms with Crippen molar-refractivity contribution < 1.29 is 0 Å². The van der Waals surface area contributed by atoms with E-state index in [0.29, 0.717) is 10.6 Å². The van der Waals surface area contributed by atoms with Crippen molar-refractivity contribution in [2.45, 2.75) is 31.3 Å². The summed E-state index contributed by atoms with van der Waals surface area (Å²) in [5, 5.41) is 3.01. The van der Waals surface area contributed by atoms with Gasteiger partial charge in [0.15, 0.2) is 0 Å². The van der Waals surface area contributed by atoms with E-state index in [2.05, 4.69) is 25.8 Å². The minimum atomic E-state index is 0.306. The van der Waals surface area contributed by atoms with Crippen LogP contribution in [0.4, 0.5) is 5.82 Å². The summed E-state index contributed by atoms with van der Waals surface area (Å²) in [6.07, 6.45) is 0. The van der Waals surface area contributed by atoms with Crippen molar-refractivity contribution in [2.24, 2.45) is 0 Å². The number of nitrogens with two attached hydrogens (primary N) is 1. The van der Waals surface area contributed by atoms with E-state index >= 15 is 0 Å². The molecular weight excluding hydrogens is 188 g/mol. The van der Waals surface area contributed by atoms with Gasteiger partial charge in [-0.15, -0.1) is 23.1 Å². The van der Waals surface area contributed by atoms with Gasteiger partial charge in [-0.25, -0.2) is 4.98 Å². The number of anilines is 1. The summed E-state index contributed by atoms with van der Waals surface area (Å²) >= 11 is 3.53. The van der Waals surface area contributed by atoms with E-state index in [9.17, 15) is 0 Å². The van der Waals surface area contributed by atoms with E-state index < -0.39 is 0 Å². The van der Waals surface area contributed by atoms with Crippen molar-refractivity contribution in [3.05, 3.63) is 10.4 Å². The van der Waals surface area contributed by atoms with Crippen LogP contribution in [0.15, 0.2) is 5.38 Å². The summed E-state index contributed by atoms with van der Waals surface area (Å²) in [5.74, 6) is 1.61. The molecule has 0 aliphatic heterocycles. The van der Waals surface area contributed by atoms with Crippen LogP contribution < -0.4 is 5.73 Å². The lowest BCUT2D eigenvalue weighted by molar-refractivity contribution is 0.802. The van der Waals surface area contributed by atoms with E-state index in [-0.39, 0.29) is 0 Å². The Kier molecular flexibility index (Phi) is 3.01. The van der Waals surface area contributed by atoms with Gasteiger partial charge >= 0.3 is 0 Å². The van der Waals surface area contributed by atoms with Crippen molar-refractivity contribution in [2.75, 3.05) is 5.73 Å². The highest BCUT2D eigenvalue weighted by Gasteiger charge is 2.11. The first kappa shape index (κ1) is 9.86. The second-order valence-corrected chi connectivity index (χ2v) is 6.31. The molecule has 1 aromatic heterocycles. The Balaban J connectivity index is 2.44. The minimum absolute atomic E-state index is 0.306. The molecule has 12 heavy (non-hydrogen) atoms. The Morgan fingerprint density at radius 2 is 2.25 bits per heavy atom. The van der Waals surface area contributed by atoms with Crippen LogP contribution in [0.3, 0.4) is 0 Å². The second kappa shape index (κ2) is 3.66. The largest absolute Gasteiger partial charge is 0.383 e. The molecule has 0 atom stereocenters. The Labute approximate surface area is 81.6 Å². The lowest BCUT2D eigenvalue weighted by Crippen LogP contribution is -2.07. The molecule has 4 heteroatoms. The molecular formula is C8H14N2S2. The molecule has 0 saturated carbocycles. The molecule has 0 fully saturated rings. The molecule has 0 spiro atoms. The summed E-state index contributed by atoms with van der Waals surface area (Å²) in [4.78, 5) is 4.19. The molecule has 1 heterocycles. The van der Waals surface area contributed by atoms with Gasteiger partial charge in [0.1, 0.15) is 10.8 Å². The number of thioether (sulfide) groups is 1. The minimum Gasteiger partial charge on any atom is -0.383 e. The van der Waals surface area contributed by atoms with Crippen molar-refractivity contribution in [1.82, 2.24) is 4.98 Å². The Morgan fingerprint density at radius 1 is 1.58 bits per heavy atom. The van der Waals surface area contributed by atoms with Crippen LogP contribution in [0, 0.1) is 0 Å². The van der Waals surface area contributed by atoms with Gasteiger partial charge in [-0.1, -0.05) is 20.8 Å². The highest BCUT2D eigenvalue weighted by Crippen LogP contribution is 2.28. The number of hydrogen-bond donors (Lipinski definition) is 1. The van der Waals surface area contributed by atoms with Crippen LogP contribution in [0.1, 0.15) is 25.8 Å². The van der Waals surface area contributed by atoms with Gasteiger partial charge in [-0.05, 0) is 0 Å². The van der Waals surface area contributed by atoms with Crippen molar-refractivity contribution in [1.29, 1.82) is 0 Å². The molecule has 0 radical (unpaired) electrons. The van der Waals surface area contributed by atoms with Crippen LogP contribution in [-0.4, -0.2) is 9.73 Å². The van der Waals surface area contributed by atoms with Gasteiger partial charge in [0, 0.05) is 15.9 Å². The number of aromatic nitrogens is 1. The van der Waals surface area contributed by atoms with Gasteiger partial charge in [0.25, 0.3) is 0 Å². The molecule has 0 amide bonds. The molecule has 0 aliphatic rings. The molecule has 0 aliphatic carbocycles. The fourth-order valence-electron chi connectivity index (χ4n) is 0.670. The van der Waals surface area contributed by atoms with Crippen LogP contribution in [0.25, 0.3) is 0 Å². The number of hydrogen-bond acceptors (Lipinski definition) is 4. The van der Waals surface area contributed by atoms with Crippen LogP contribution in [0.2, 0.25) is 0 Å². The quantitative estimate of drug-likeness (QED) is 0.801. The van der Waals surface area contributed by atoms with Gasteiger partial charge in [-0.3, -0.25) is 0 Å². The van der Waals surface area contributed by atoms with Crippen molar-refractivity contribution >= 4 is 28.9 Å². The summed E-state index contributed by atoms with van der Waals surface area (Å²) in [7, 11) is 0. The van der Waals surface area contributed by atoms with Gasteiger partial charge < -0.3 is 5.73 Å². The van der Waals surface area contributed by atoms with E-state index in [4.69, 9.17) is 5.73 Å². The van der Waals surface area contributed by atoms with E-state index in [0.717, 1.165) is 10.8 Å². The molecule has 2 N–H and O–H groups in total. The fraction of sp³-hybridized carbons (Fsp3) is 0.625. The van der Waals surface area contributed by atoms with Crippen LogP contribution in [-0.2, 0) is 5.75 Å². The third-order valence-corrected chi connectivity index (χ3v) is 3.53.